The van der Waals surface area contributed by atoms with E-state index in [9.17, 15) is 4.39 Å². The quantitative estimate of drug-likeness (QED) is 0.778. The normalized spacial score (nSPS) is 17.2. The number of nitrogens with zero attached hydrogens (tertiary/aromatic N) is 1. The van der Waals surface area contributed by atoms with E-state index in [1.54, 1.807) is 7.11 Å². The molecule has 0 aliphatic carbocycles. The second-order valence-electron chi connectivity index (χ2n) is 4.79. The van der Waals surface area contributed by atoms with Gasteiger partial charge in [-0.2, -0.15) is 0 Å². The molecule has 0 radical (unpaired) electrons. The lowest BCUT2D eigenvalue weighted by atomic mass is 9.97. The summed E-state index contributed by atoms with van der Waals surface area (Å²) in [6.45, 7) is 2.81. The molecule has 4 heteroatoms. The second-order valence-corrected chi connectivity index (χ2v) is 5.06. The highest BCUT2D eigenvalue weighted by atomic mass is 35.5. The van der Waals surface area contributed by atoms with Gasteiger partial charge in [-0.15, -0.1) is 11.6 Å². The van der Waals surface area contributed by atoms with Crippen LogP contribution in [-0.4, -0.2) is 26.8 Å². The van der Waals surface area contributed by atoms with Crippen LogP contribution in [0.1, 0.15) is 18.4 Å². The van der Waals surface area contributed by atoms with E-state index in [0.717, 1.165) is 43.8 Å². The number of methoxy groups -OCH3 is 1. The first kappa shape index (κ1) is 13.6. The Hall–Kier alpha value is -0.800. The molecule has 0 saturated carbocycles. The van der Waals surface area contributed by atoms with Gasteiger partial charge in [0, 0.05) is 38.4 Å². The van der Waals surface area contributed by atoms with E-state index < -0.39 is 0 Å². The molecule has 1 aromatic carbocycles. The van der Waals surface area contributed by atoms with Gasteiger partial charge in [0.2, 0.25) is 0 Å². The van der Waals surface area contributed by atoms with E-state index in [1.807, 2.05) is 6.07 Å². The minimum absolute atomic E-state index is 0.219. The first-order valence-electron chi connectivity index (χ1n) is 6.33. The van der Waals surface area contributed by atoms with Crippen LogP contribution in [-0.2, 0) is 10.6 Å². The summed E-state index contributed by atoms with van der Waals surface area (Å²) < 4.78 is 18.4. The molecule has 0 bridgehead atoms. The zero-order chi connectivity index (χ0) is 13.0. The third-order valence-electron chi connectivity index (χ3n) is 3.54. The summed E-state index contributed by atoms with van der Waals surface area (Å²) in [6, 6.07) is 4.87. The van der Waals surface area contributed by atoms with Crippen LogP contribution in [0, 0.1) is 11.7 Å². The molecule has 0 aromatic heterocycles. The molecule has 100 valence electrons. The molecule has 1 aliphatic rings. The van der Waals surface area contributed by atoms with Gasteiger partial charge >= 0.3 is 0 Å². The monoisotopic (exact) mass is 271 g/mol. The van der Waals surface area contributed by atoms with Crippen LogP contribution in [0.3, 0.4) is 0 Å². The topological polar surface area (TPSA) is 12.5 Å². The molecule has 1 aliphatic heterocycles. The maximum Gasteiger partial charge on any atom is 0.123 e. The van der Waals surface area contributed by atoms with Gasteiger partial charge in [-0.1, -0.05) is 0 Å². The Labute approximate surface area is 113 Å². The minimum Gasteiger partial charge on any atom is -0.384 e. The highest BCUT2D eigenvalue weighted by molar-refractivity contribution is 6.17. The van der Waals surface area contributed by atoms with Crippen molar-refractivity contribution in [2.75, 3.05) is 31.7 Å². The van der Waals surface area contributed by atoms with Crippen LogP contribution < -0.4 is 4.90 Å². The molecular weight excluding hydrogens is 253 g/mol. The average Bonchev–Trinajstić information content (AvgIpc) is 2.40. The Kier molecular flexibility index (Phi) is 4.84. The Balaban J connectivity index is 2.05. The molecule has 0 N–H and O–H groups in total. The van der Waals surface area contributed by atoms with E-state index in [-0.39, 0.29) is 5.82 Å². The predicted octanol–water partition coefficient (Wildman–Crippen LogP) is 3.43. The number of anilines is 1. The largest absolute Gasteiger partial charge is 0.384 e. The van der Waals surface area contributed by atoms with Gasteiger partial charge in [0.25, 0.3) is 0 Å². The number of halogens is 2. The summed E-state index contributed by atoms with van der Waals surface area (Å²) in [5.74, 6) is 0.778. The van der Waals surface area contributed by atoms with Crippen molar-refractivity contribution in [3.05, 3.63) is 29.6 Å². The van der Waals surface area contributed by atoms with E-state index in [1.165, 1.54) is 12.1 Å². The Morgan fingerprint density at radius 3 is 2.72 bits per heavy atom. The summed E-state index contributed by atoms with van der Waals surface area (Å²) in [5, 5.41) is 0. The lowest BCUT2D eigenvalue weighted by molar-refractivity contribution is 0.139. The lowest BCUT2D eigenvalue weighted by Gasteiger charge is -2.34. The fourth-order valence-electron chi connectivity index (χ4n) is 2.55. The van der Waals surface area contributed by atoms with Crippen molar-refractivity contribution in [2.45, 2.75) is 18.7 Å². The molecule has 1 heterocycles. The summed E-state index contributed by atoms with van der Waals surface area (Å²) in [7, 11) is 1.75. The van der Waals surface area contributed by atoms with Crippen LogP contribution in [0.4, 0.5) is 10.1 Å². The van der Waals surface area contributed by atoms with E-state index in [2.05, 4.69) is 4.90 Å². The van der Waals surface area contributed by atoms with Gasteiger partial charge in [0.05, 0.1) is 0 Å². The molecule has 0 amide bonds. The van der Waals surface area contributed by atoms with Crippen molar-refractivity contribution in [1.29, 1.82) is 0 Å². The zero-order valence-electron chi connectivity index (χ0n) is 10.7. The van der Waals surface area contributed by atoms with Crippen molar-refractivity contribution in [2.24, 2.45) is 5.92 Å². The third kappa shape index (κ3) is 3.15. The summed E-state index contributed by atoms with van der Waals surface area (Å²) in [6.07, 6.45) is 2.24. The van der Waals surface area contributed by atoms with Gasteiger partial charge in [-0.05, 0) is 42.5 Å². The number of ether oxygens (including phenoxy) is 1. The van der Waals surface area contributed by atoms with Gasteiger partial charge < -0.3 is 9.64 Å². The second kappa shape index (κ2) is 6.39. The summed E-state index contributed by atoms with van der Waals surface area (Å²) in [5.41, 5.74) is 1.95. The smallest absolute Gasteiger partial charge is 0.123 e. The molecular formula is C14H19ClFNO. The summed E-state index contributed by atoms with van der Waals surface area (Å²) in [4.78, 5) is 2.29. The lowest BCUT2D eigenvalue weighted by Crippen LogP contribution is -2.35. The van der Waals surface area contributed by atoms with Gasteiger partial charge in [-0.3, -0.25) is 0 Å². The molecule has 18 heavy (non-hydrogen) atoms. The number of hydrogen-bond acceptors (Lipinski definition) is 2. The fourth-order valence-corrected chi connectivity index (χ4v) is 2.76. The molecule has 1 fully saturated rings. The molecule has 2 rings (SSSR count). The molecule has 0 spiro atoms. The Morgan fingerprint density at radius 2 is 2.11 bits per heavy atom. The maximum atomic E-state index is 13.2. The molecule has 2 nitrogen and oxygen atoms in total. The van der Waals surface area contributed by atoms with Crippen LogP contribution in [0.15, 0.2) is 18.2 Å². The molecule has 0 atom stereocenters. The van der Waals surface area contributed by atoms with Gasteiger partial charge in [-0.25, -0.2) is 4.39 Å². The van der Waals surface area contributed by atoms with Crippen LogP contribution in [0.5, 0.6) is 0 Å². The SMILES string of the molecule is COCC1CCN(c2ccc(F)cc2CCl)CC1. The van der Waals surface area contributed by atoms with Gasteiger partial charge in [0.1, 0.15) is 5.82 Å². The predicted molar refractivity (Wildman–Crippen MR) is 72.8 cm³/mol. The number of piperidine rings is 1. The van der Waals surface area contributed by atoms with Crippen molar-refractivity contribution >= 4 is 17.3 Å². The molecule has 1 saturated heterocycles. The van der Waals surface area contributed by atoms with E-state index in [0.29, 0.717) is 11.8 Å². The number of alkyl halides is 1. The van der Waals surface area contributed by atoms with Gasteiger partial charge in [0.15, 0.2) is 0 Å². The van der Waals surface area contributed by atoms with Crippen molar-refractivity contribution < 1.29 is 9.13 Å². The van der Waals surface area contributed by atoms with Crippen molar-refractivity contribution in [3.8, 4) is 0 Å². The van der Waals surface area contributed by atoms with Crippen LogP contribution in [0.2, 0.25) is 0 Å². The van der Waals surface area contributed by atoms with Crippen LogP contribution >= 0.6 is 11.6 Å². The van der Waals surface area contributed by atoms with Crippen molar-refractivity contribution in [1.82, 2.24) is 0 Å². The number of hydrogen-bond donors (Lipinski definition) is 0. The molecule has 1 aromatic rings. The van der Waals surface area contributed by atoms with E-state index in [4.69, 9.17) is 16.3 Å². The zero-order valence-corrected chi connectivity index (χ0v) is 11.4. The standard InChI is InChI=1S/C14H19ClFNO/c1-18-10-11-4-6-17(7-5-11)14-3-2-13(16)8-12(14)9-15/h2-3,8,11H,4-7,9-10H2,1H3. The van der Waals surface area contributed by atoms with E-state index >= 15 is 0 Å². The average molecular weight is 272 g/mol. The van der Waals surface area contributed by atoms with Crippen LogP contribution in [0.25, 0.3) is 0 Å². The first-order valence-corrected chi connectivity index (χ1v) is 6.86. The summed E-state index contributed by atoms with van der Waals surface area (Å²) >= 11 is 5.89. The first-order chi connectivity index (χ1) is 8.74. The van der Waals surface area contributed by atoms with Crippen molar-refractivity contribution in [3.63, 3.8) is 0 Å². The maximum absolute atomic E-state index is 13.2. The highest BCUT2D eigenvalue weighted by Crippen LogP contribution is 2.28. The highest BCUT2D eigenvalue weighted by Gasteiger charge is 2.20. The molecule has 0 unspecified atom stereocenters. The minimum atomic E-state index is -0.219. The fraction of sp³-hybridized carbons (Fsp3) is 0.571. The number of benzene rings is 1. The number of rotatable bonds is 4. The third-order valence-corrected chi connectivity index (χ3v) is 3.83. The Morgan fingerprint density at radius 1 is 1.39 bits per heavy atom. The Bertz CT molecular complexity index is 391.